The molecule has 6 nitrogen and oxygen atoms in total. The van der Waals surface area contributed by atoms with Gasteiger partial charge in [-0.2, -0.15) is 5.10 Å². The Balaban J connectivity index is 2.08. The van der Waals surface area contributed by atoms with Crippen LogP contribution in [0.5, 0.6) is 0 Å². The highest BCUT2D eigenvalue weighted by Crippen LogP contribution is 2.35. The van der Waals surface area contributed by atoms with Gasteiger partial charge in [0, 0.05) is 18.5 Å². The molecule has 1 atom stereocenters. The van der Waals surface area contributed by atoms with Crippen LogP contribution < -0.4 is 5.73 Å². The monoisotopic (exact) mass is 440 g/mol. The van der Waals surface area contributed by atoms with Crippen LogP contribution in [0.1, 0.15) is 49.3 Å². The lowest BCUT2D eigenvalue weighted by atomic mass is 9.91. The van der Waals surface area contributed by atoms with Crippen LogP contribution in [0.25, 0.3) is 11.3 Å². The second-order valence-electron chi connectivity index (χ2n) is 8.43. The number of fused-ring (bicyclic) bond motifs is 1. The zero-order chi connectivity index (χ0) is 21.5. The van der Waals surface area contributed by atoms with E-state index in [1.807, 2.05) is 20.8 Å². The Hall–Kier alpha value is -2.12. The lowest BCUT2D eigenvalue weighted by Crippen LogP contribution is -2.43. The van der Waals surface area contributed by atoms with Crippen molar-refractivity contribution in [2.75, 3.05) is 13.2 Å². The lowest BCUT2D eigenvalue weighted by molar-refractivity contribution is -0.135. The summed E-state index contributed by atoms with van der Waals surface area (Å²) < 4.78 is 15.3. The number of hydrogen-bond donors (Lipinski definition) is 1. The van der Waals surface area contributed by atoms with Crippen molar-refractivity contribution in [2.24, 2.45) is 11.1 Å². The van der Waals surface area contributed by atoms with Gasteiger partial charge in [-0.3, -0.25) is 14.3 Å². The molecule has 0 radical (unpaired) electrons. The molecule has 0 spiro atoms. The first-order chi connectivity index (χ1) is 13.5. The predicted octanol–water partition coefficient (Wildman–Crippen LogP) is 4.24. The molecule has 29 heavy (non-hydrogen) atoms. The quantitative estimate of drug-likeness (QED) is 0.771. The van der Waals surface area contributed by atoms with Gasteiger partial charge in [-0.05, 0) is 17.5 Å². The van der Waals surface area contributed by atoms with Crippen molar-refractivity contribution in [3.8, 4) is 11.3 Å². The van der Waals surface area contributed by atoms with Crippen LogP contribution in [0.3, 0.4) is 0 Å². The topological polar surface area (TPSA) is 81.2 Å². The molecule has 2 aromatic rings. The first-order valence-electron chi connectivity index (χ1n) is 9.22. The third-order valence-electron chi connectivity index (χ3n) is 4.78. The van der Waals surface area contributed by atoms with E-state index in [1.54, 1.807) is 23.1 Å². The third kappa shape index (κ3) is 4.41. The molecule has 0 saturated carbocycles. The summed E-state index contributed by atoms with van der Waals surface area (Å²) in [5, 5.41) is 5.13. The Morgan fingerprint density at radius 2 is 1.97 bits per heavy atom. The highest BCUT2D eigenvalue weighted by Gasteiger charge is 2.35. The van der Waals surface area contributed by atoms with Crippen molar-refractivity contribution in [1.29, 1.82) is 0 Å². The fraction of sp³-hybridized carbons (Fsp3) is 0.450. The van der Waals surface area contributed by atoms with Crippen LogP contribution in [-0.4, -0.2) is 39.7 Å². The summed E-state index contributed by atoms with van der Waals surface area (Å²) in [4.78, 5) is 26.6. The number of halogens is 3. The molecule has 0 aliphatic carbocycles. The van der Waals surface area contributed by atoms with Gasteiger partial charge in [0.1, 0.15) is 12.4 Å². The fourth-order valence-corrected chi connectivity index (χ4v) is 3.77. The smallest absolute Gasteiger partial charge is 0.252 e. The first-order valence-corrected chi connectivity index (χ1v) is 9.97. The van der Waals surface area contributed by atoms with Crippen LogP contribution in [0, 0.1) is 5.41 Å². The number of benzene rings is 1. The van der Waals surface area contributed by atoms with Crippen molar-refractivity contribution in [2.45, 2.75) is 39.8 Å². The van der Waals surface area contributed by atoms with Crippen molar-refractivity contribution in [1.82, 2.24) is 14.7 Å². The SMILES string of the molecule is CC(C)(C)CC(=O)N1Cc2c(C(N)=O)c(-c3ccc(Cl)c(Cl)c3)nn2C(CF)C1. The number of amides is 2. The molecule has 2 amide bonds. The standard InChI is InChI=1S/C20H23Cl2FN4O2/c1-20(2,3)7-16(28)26-9-12(8-23)27-15(10-26)17(19(24)29)18(25-27)11-4-5-13(21)14(22)6-11/h4-6,12H,7-10H2,1-3H3,(H2,24,29). The Morgan fingerprint density at radius 1 is 1.28 bits per heavy atom. The number of carbonyl (C=O) groups excluding carboxylic acids is 2. The molecule has 2 N–H and O–H groups in total. The maximum atomic E-state index is 13.8. The van der Waals surface area contributed by atoms with Crippen LogP contribution in [-0.2, 0) is 11.3 Å². The molecule has 0 fully saturated rings. The van der Waals surface area contributed by atoms with Crippen LogP contribution >= 0.6 is 23.2 Å². The van der Waals surface area contributed by atoms with Gasteiger partial charge in [0.15, 0.2) is 0 Å². The van der Waals surface area contributed by atoms with Gasteiger partial charge in [-0.1, -0.05) is 50.0 Å². The zero-order valence-corrected chi connectivity index (χ0v) is 18.0. The van der Waals surface area contributed by atoms with Gasteiger partial charge in [0.25, 0.3) is 5.91 Å². The van der Waals surface area contributed by atoms with E-state index >= 15 is 0 Å². The predicted molar refractivity (Wildman–Crippen MR) is 111 cm³/mol. The average Bonchev–Trinajstić information content (AvgIpc) is 3.01. The molecule has 1 aliphatic rings. The minimum atomic E-state index is -0.729. The van der Waals surface area contributed by atoms with E-state index in [9.17, 15) is 14.0 Å². The number of carbonyl (C=O) groups is 2. The summed E-state index contributed by atoms with van der Waals surface area (Å²) in [7, 11) is 0. The maximum Gasteiger partial charge on any atom is 0.252 e. The van der Waals surface area contributed by atoms with E-state index < -0.39 is 18.6 Å². The molecule has 1 aromatic heterocycles. The Labute approximate surface area is 178 Å². The number of alkyl halides is 1. The second kappa shape index (κ2) is 7.95. The molecular formula is C20H23Cl2FN4O2. The van der Waals surface area contributed by atoms with Gasteiger partial charge in [0.2, 0.25) is 5.91 Å². The van der Waals surface area contributed by atoms with Gasteiger partial charge in [-0.25, -0.2) is 4.39 Å². The molecule has 156 valence electrons. The minimum absolute atomic E-state index is 0.102. The molecule has 2 heterocycles. The van der Waals surface area contributed by atoms with Crippen molar-refractivity contribution < 1.29 is 14.0 Å². The van der Waals surface area contributed by atoms with E-state index in [4.69, 9.17) is 28.9 Å². The summed E-state index contributed by atoms with van der Waals surface area (Å²) in [6.07, 6.45) is 0.311. The molecular weight excluding hydrogens is 418 g/mol. The number of nitrogens with zero attached hydrogens (tertiary/aromatic N) is 3. The molecule has 0 bridgehead atoms. The largest absolute Gasteiger partial charge is 0.365 e. The number of hydrogen-bond acceptors (Lipinski definition) is 3. The zero-order valence-electron chi connectivity index (χ0n) is 16.5. The summed E-state index contributed by atoms with van der Waals surface area (Å²) >= 11 is 12.1. The number of aromatic nitrogens is 2. The van der Waals surface area contributed by atoms with Gasteiger partial charge in [0.05, 0.1) is 33.9 Å². The van der Waals surface area contributed by atoms with Crippen LogP contribution in [0.15, 0.2) is 18.2 Å². The van der Waals surface area contributed by atoms with Crippen molar-refractivity contribution >= 4 is 35.0 Å². The third-order valence-corrected chi connectivity index (χ3v) is 5.52. The van der Waals surface area contributed by atoms with Crippen molar-refractivity contribution in [3.63, 3.8) is 0 Å². The van der Waals surface area contributed by atoms with Gasteiger partial charge < -0.3 is 10.6 Å². The summed E-state index contributed by atoms with van der Waals surface area (Å²) in [5.74, 6) is -0.801. The van der Waals surface area contributed by atoms with E-state index in [1.165, 1.54) is 4.68 Å². The Bertz CT molecular complexity index is 968. The van der Waals surface area contributed by atoms with E-state index in [-0.39, 0.29) is 30.0 Å². The normalized spacial score (nSPS) is 16.6. The Morgan fingerprint density at radius 3 is 2.52 bits per heavy atom. The number of primary amides is 1. The fourth-order valence-electron chi connectivity index (χ4n) is 3.47. The maximum absolute atomic E-state index is 13.8. The number of nitrogens with two attached hydrogens (primary N) is 1. The van der Waals surface area contributed by atoms with E-state index in [0.717, 1.165) is 0 Å². The molecule has 0 saturated heterocycles. The number of rotatable bonds is 4. The summed E-state index contributed by atoms with van der Waals surface area (Å²) in [5.41, 5.74) is 6.87. The van der Waals surface area contributed by atoms with Crippen LogP contribution in [0.4, 0.5) is 4.39 Å². The Kier molecular flexibility index (Phi) is 5.92. The summed E-state index contributed by atoms with van der Waals surface area (Å²) in [6, 6.07) is 4.14. The van der Waals surface area contributed by atoms with E-state index in [2.05, 4.69) is 5.10 Å². The van der Waals surface area contributed by atoms with Crippen LogP contribution in [0.2, 0.25) is 10.0 Å². The van der Waals surface area contributed by atoms with E-state index in [0.29, 0.717) is 33.4 Å². The summed E-state index contributed by atoms with van der Waals surface area (Å²) in [6.45, 7) is 5.47. The molecule has 1 aromatic carbocycles. The lowest BCUT2D eigenvalue weighted by Gasteiger charge is -2.34. The van der Waals surface area contributed by atoms with Crippen molar-refractivity contribution in [3.05, 3.63) is 39.5 Å². The second-order valence-corrected chi connectivity index (χ2v) is 9.24. The molecule has 1 aliphatic heterocycles. The highest BCUT2D eigenvalue weighted by molar-refractivity contribution is 6.42. The average molecular weight is 441 g/mol. The molecule has 9 heteroatoms. The van der Waals surface area contributed by atoms with Gasteiger partial charge in [-0.15, -0.1) is 0 Å². The molecule has 1 unspecified atom stereocenters. The van der Waals surface area contributed by atoms with Gasteiger partial charge >= 0.3 is 0 Å². The highest BCUT2D eigenvalue weighted by atomic mass is 35.5. The molecule has 3 rings (SSSR count). The first kappa shape index (κ1) is 21.6. The minimum Gasteiger partial charge on any atom is -0.365 e.